The molecule has 1 aliphatic heterocycles. The average molecular weight is 345 g/mol. The fourth-order valence-electron chi connectivity index (χ4n) is 3.77. The summed E-state index contributed by atoms with van der Waals surface area (Å²) in [5, 5.41) is 9.91. The second kappa shape index (κ2) is 6.94. The van der Waals surface area contributed by atoms with E-state index in [0.29, 0.717) is 0 Å². The average Bonchev–Trinajstić information content (AvgIpc) is 3.11. The Morgan fingerprint density at radius 1 is 0.923 bits per heavy atom. The van der Waals surface area contributed by atoms with Gasteiger partial charge >= 0.3 is 0 Å². The van der Waals surface area contributed by atoms with Crippen molar-refractivity contribution < 1.29 is 9.84 Å². The molecule has 132 valence electrons. The first-order valence-electron chi connectivity index (χ1n) is 8.90. The zero-order chi connectivity index (χ0) is 18.1. The Morgan fingerprint density at radius 2 is 1.69 bits per heavy atom. The van der Waals surface area contributed by atoms with Crippen molar-refractivity contribution >= 4 is 5.69 Å². The second-order valence-electron chi connectivity index (χ2n) is 6.79. The molecule has 1 unspecified atom stereocenters. The third kappa shape index (κ3) is 3.00. The quantitative estimate of drug-likeness (QED) is 0.688. The molecule has 1 atom stereocenters. The summed E-state index contributed by atoms with van der Waals surface area (Å²) < 4.78 is 5.03. The molecule has 1 N–H and O–H groups in total. The lowest BCUT2D eigenvalue weighted by Gasteiger charge is -2.22. The van der Waals surface area contributed by atoms with Crippen molar-refractivity contribution in [3.8, 4) is 11.1 Å². The van der Waals surface area contributed by atoms with Crippen LogP contribution < -0.4 is 4.90 Å². The van der Waals surface area contributed by atoms with Crippen LogP contribution in [-0.2, 0) is 17.8 Å². The molecular weight excluding hydrogens is 322 g/mol. The maximum Gasteiger partial charge on any atom is 0.180 e. The number of fused-ring (bicyclic) bond motifs is 1. The van der Waals surface area contributed by atoms with Crippen LogP contribution in [0.5, 0.6) is 0 Å². The number of hydrogen-bond donors (Lipinski definition) is 1. The van der Waals surface area contributed by atoms with Crippen molar-refractivity contribution in [2.45, 2.75) is 26.3 Å². The molecule has 0 radical (unpaired) electrons. The third-order valence-corrected chi connectivity index (χ3v) is 5.19. The molecule has 4 rings (SSSR count). The van der Waals surface area contributed by atoms with Gasteiger partial charge in [-0.25, -0.2) is 0 Å². The van der Waals surface area contributed by atoms with E-state index in [0.717, 1.165) is 18.7 Å². The van der Waals surface area contributed by atoms with Gasteiger partial charge in [0, 0.05) is 31.5 Å². The highest BCUT2D eigenvalue weighted by molar-refractivity contribution is 5.74. The van der Waals surface area contributed by atoms with Crippen molar-refractivity contribution in [3.05, 3.63) is 89.0 Å². The minimum absolute atomic E-state index is 0.808. The number of nitrogens with zero attached hydrogens (tertiary/aromatic N) is 1. The van der Waals surface area contributed by atoms with E-state index in [2.05, 4.69) is 66.4 Å². The van der Waals surface area contributed by atoms with Crippen molar-refractivity contribution in [2.75, 3.05) is 12.0 Å². The maximum atomic E-state index is 9.91. The van der Waals surface area contributed by atoms with Crippen LogP contribution in [0.4, 0.5) is 5.69 Å². The van der Waals surface area contributed by atoms with E-state index in [1.54, 1.807) is 0 Å². The summed E-state index contributed by atoms with van der Waals surface area (Å²) in [6, 6.07) is 23.1. The Kier molecular flexibility index (Phi) is 4.49. The first kappa shape index (κ1) is 16.8. The lowest BCUT2D eigenvalue weighted by atomic mass is 9.99. The van der Waals surface area contributed by atoms with Gasteiger partial charge in [-0.15, -0.1) is 0 Å². The summed E-state index contributed by atoms with van der Waals surface area (Å²) >= 11 is 0. The normalized spacial score (nSPS) is 14.3. The summed E-state index contributed by atoms with van der Waals surface area (Å²) in [7, 11) is 1.52. The van der Waals surface area contributed by atoms with Gasteiger partial charge in [0.25, 0.3) is 0 Å². The van der Waals surface area contributed by atoms with Crippen LogP contribution in [0, 0.1) is 6.92 Å². The summed E-state index contributed by atoms with van der Waals surface area (Å²) in [5.41, 5.74) is 8.44. The van der Waals surface area contributed by atoms with E-state index in [-0.39, 0.29) is 0 Å². The molecule has 3 heteroatoms. The van der Waals surface area contributed by atoms with Gasteiger partial charge in [-0.05, 0) is 46.9 Å². The van der Waals surface area contributed by atoms with Crippen LogP contribution in [-0.4, -0.2) is 12.2 Å². The molecule has 3 aromatic carbocycles. The summed E-state index contributed by atoms with van der Waals surface area (Å²) in [6.07, 6.45) is -0.863. The van der Waals surface area contributed by atoms with Crippen LogP contribution in [0.1, 0.15) is 28.5 Å². The van der Waals surface area contributed by atoms with Crippen LogP contribution in [0.15, 0.2) is 66.7 Å². The van der Waals surface area contributed by atoms with Gasteiger partial charge in [0.05, 0.1) is 0 Å². The lowest BCUT2D eigenvalue weighted by Crippen LogP contribution is -2.15. The van der Waals surface area contributed by atoms with Crippen LogP contribution in [0.25, 0.3) is 11.1 Å². The summed E-state index contributed by atoms with van der Waals surface area (Å²) in [5.74, 6) is 0. The molecule has 0 bridgehead atoms. The molecular formula is C23H23NO2. The molecule has 1 heterocycles. The Labute approximate surface area is 154 Å². The molecule has 0 amide bonds. The van der Waals surface area contributed by atoms with E-state index >= 15 is 0 Å². The molecule has 1 aliphatic rings. The Balaban J connectivity index is 1.65. The Morgan fingerprint density at radius 3 is 2.46 bits per heavy atom. The van der Waals surface area contributed by atoms with Crippen molar-refractivity contribution in [1.29, 1.82) is 0 Å². The minimum Gasteiger partial charge on any atom is -0.364 e. The fraction of sp³-hybridized carbons (Fsp3) is 0.217. The Hall–Kier alpha value is -2.62. The molecule has 3 aromatic rings. The van der Waals surface area contributed by atoms with E-state index < -0.39 is 6.29 Å². The molecule has 3 nitrogen and oxygen atoms in total. The summed E-state index contributed by atoms with van der Waals surface area (Å²) in [6.45, 7) is 3.93. The van der Waals surface area contributed by atoms with Crippen LogP contribution in [0.2, 0.25) is 0 Å². The highest BCUT2D eigenvalue weighted by Crippen LogP contribution is 2.35. The minimum atomic E-state index is -0.863. The topological polar surface area (TPSA) is 32.7 Å². The number of ether oxygens (including phenoxy) is 1. The van der Waals surface area contributed by atoms with E-state index in [4.69, 9.17) is 4.74 Å². The molecule has 0 aromatic heterocycles. The highest BCUT2D eigenvalue weighted by atomic mass is 16.6. The number of aliphatic hydroxyl groups is 1. The predicted octanol–water partition coefficient (Wildman–Crippen LogP) is 4.82. The number of anilines is 1. The fourth-order valence-corrected chi connectivity index (χ4v) is 3.77. The number of hydrogen-bond acceptors (Lipinski definition) is 3. The first-order valence-corrected chi connectivity index (χ1v) is 8.90. The molecule has 0 fully saturated rings. The zero-order valence-electron chi connectivity index (χ0n) is 15.1. The van der Waals surface area contributed by atoms with Gasteiger partial charge in [0.15, 0.2) is 6.29 Å². The molecule has 0 saturated heterocycles. The largest absolute Gasteiger partial charge is 0.364 e. The van der Waals surface area contributed by atoms with Crippen molar-refractivity contribution in [1.82, 2.24) is 0 Å². The number of rotatable bonds is 4. The third-order valence-electron chi connectivity index (χ3n) is 5.19. The molecule has 0 saturated carbocycles. The van der Waals surface area contributed by atoms with Gasteiger partial charge in [-0.2, -0.15) is 0 Å². The SMILES string of the molecule is COC(O)c1ccc2c(c1)CN(c1cccc(-c3ccccc3)c1C)C2. The molecule has 0 spiro atoms. The Bertz CT molecular complexity index is 921. The van der Waals surface area contributed by atoms with Gasteiger partial charge in [0.1, 0.15) is 0 Å². The predicted molar refractivity (Wildman–Crippen MR) is 105 cm³/mol. The number of benzene rings is 3. The monoisotopic (exact) mass is 345 g/mol. The van der Waals surface area contributed by atoms with Crippen molar-refractivity contribution in [2.24, 2.45) is 0 Å². The standard InChI is InChI=1S/C23H23NO2/c1-16-21(17-7-4-3-5-8-17)9-6-10-22(16)24-14-19-12-11-18(23(25)26-2)13-20(19)15-24/h3-13,23,25H,14-15H2,1-2H3. The molecule has 26 heavy (non-hydrogen) atoms. The smallest absolute Gasteiger partial charge is 0.180 e. The van der Waals surface area contributed by atoms with Crippen LogP contribution >= 0.6 is 0 Å². The van der Waals surface area contributed by atoms with Gasteiger partial charge in [-0.1, -0.05) is 54.6 Å². The van der Waals surface area contributed by atoms with Gasteiger partial charge < -0.3 is 14.7 Å². The number of methoxy groups -OCH3 is 1. The van der Waals surface area contributed by atoms with Gasteiger partial charge in [0.2, 0.25) is 0 Å². The van der Waals surface area contributed by atoms with E-state index in [9.17, 15) is 5.11 Å². The highest BCUT2D eigenvalue weighted by Gasteiger charge is 2.22. The molecule has 0 aliphatic carbocycles. The van der Waals surface area contributed by atoms with E-state index in [1.807, 2.05) is 12.1 Å². The van der Waals surface area contributed by atoms with E-state index in [1.165, 1.54) is 40.6 Å². The lowest BCUT2D eigenvalue weighted by molar-refractivity contribution is -0.0769. The first-order chi connectivity index (χ1) is 12.7. The number of aliphatic hydroxyl groups excluding tert-OH is 1. The second-order valence-corrected chi connectivity index (χ2v) is 6.79. The zero-order valence-corrected chi connectivity index (χ0v) is 15.1. The van der Waals surface area contributed by atoms with Gasteiger partial charge in [-0.3, -0.25) is 0 Å². The van der Waals surface area contributed by atoms with Crippen molar-refractivity contribution in [3.63, 3.8) is 0 Å². The van der Waals surface area contributed by atoms with Crippen LogP contribution in [0.3, 0.4) is 0 Å². The summed E-state index contributed by atoms with van der Waals surface area (Å²) in [4.78, 5) is 2.40. The maximum absolute atomic E-state index is 9.91.